The van der Waals surface area contributed by atoms with E-state index in [1.54, 1.807) is 0 Å². The number of nitrogens with one attached hydrogen (secondary N) is 1. The Morgan fingerprint density at radius 1 is 1.53 bits per heavy atom. The van der Waals surface area contributed by atoms with Crippen molar-refractivity contribution in [3.8, 4) is 0 Å². The van der Waals surface area contributed by atoms with E-state index >= 15 is 0 Å². The van der Waals surface area contributed by atoms with Crippen molar-refractivity contribution in [2.24, 2.45) is 11.8 Å². The second-order valence-corrected chi connectivity index (χ2v) is 5.12. The number of nitro groups is 1. The lowest BCUT2D eigenvalue weighted by atomic mass is 9.80. The molecule has 2 atom stereocenters. The highest BCUT2D eigenvalue weighted by Gasteiger charge is 2.23. The van der Waals surface area contributed by atoms with Gasteiger partial charge in [-0.2, -0.15) is 4.98 Å². The van der Waals surface area contributed by atoms with Gasteiger partial charge in [0.15, 0.2) is 0 Å². The topological polar surface area (TPSA) is 107 Å². The van der Waals surface area contributed by atoms with E-state index in [-0.39, 0.29) is 17.5 Å². The Hall–Kier alpha value is -1.92. The lowest BCUT2D eigenvalue weighted by molar-refractivity contribution is -0.384. The Labute approximate surface area is 111 Å². The summed E-state index contributed by atoms with van der Waals surface area (Å²) in [7, 11) is 0. The summed E-state index contributed by atoms with van der Waals surface area (Å²) in [5, 5.41) is 14.0. The van der Waals surface area contributed by atoms with Crippen LogP contribution in [0.25, 0.3) is 0 Å². The van der Waals surface area contributed by atoms with Crippen LogP contribution in [0.4, 0.5) is 17.5 Å². The maximum absolute atomic E-state index is 10.9. The lowest BCUT2D eigenvalue weighted by Crippen LogP contribution is -2.25. The number of nitrogens with two attached hydrogens (primary N) is 1. The monoisotopic (exact) mass is 265 g/mol. The predicted molar refractivity (Wildman–Crippen MR) is 72.7 cm³/mol. The van der Waals surface area contributed by atoms with E-state index < -0.39 is 4.92 Å². The molecule has 19 heavy (non-hydrogen) atoms. The molecule has 1 saturated carbocycles. The fraction of sp³-hybridized carbons (Fsp3) is 0.667. The third-order valence-electron chi connectivity index (χ3n) is 3.81. The van der Waals surface area contributed by atoms with Gasteiger partial charge < -0.3 is 11.1 Å². The number of rotatable bonds is 4. The normalized spacial score (nSPS) is 23.0. The maximum Gasteiger partial charge on any atom is 0.329 e. The Balaban J connectivity index is 2.05. The van der Waals surface area contributed by atoms with Crippen molar-refractivity contribution < 1.29 is 4.92 Å². The quantitative estimate of drug-likeness (QED) is 0.638. The van der Waals surface area contributed by atoms with Gasteiger partial charge in [-0.05, 0) is 18.3 Å². The first-order chi connectivity index (χ1) is 9.08. The summed E-state index contributed by atoms with van der Waals surface area (Å²) in [5.41, 5.74) is 5.35. The van der Waals surface area contributed by atoms with E-state index in [2.05, 4.69) is 22.2 Å². The molecule has 0 bridgehead atoms. The van der Waals surface area contributed by atoms with Gasteiger partial charge in [0.05, 0.1) is 4.92 Å². The molecule has 1 aliphatic rings. The molecule has 0 saturated heterocycles. The third kappa shape index (κ3) is 3.30. The fourth-order valence-electron chi connectivity index (χ4n) is 2.58. The largest absolute Gasteiger partial charge is 0.368 e. The standard InChI is InChI=1S/C12H19N5O2/c1-8-4-2-3-5-9(8)6-14-11-10(17(18)19)7-15-12(13)16-11/h7-9H,2-6H2,1H3,(H3,13,14,15,16). The minimum absolute atomic E-state index is 0.0461. The first-order valence-electron chi connectivity index (χ1n) is 6.58. The molecule has 2 rings (SSSR count). The van der Waals surface area contributed by atoms with Crippen LogP contribution < -0.4 is 11.1 Å². The molecular formula is C12H19N5O2. The minimum atomic E-state index is -0.494. The van der Waals surface area contributed by atoms with Gasteiger partial charge in [0, 0.05) is 6.54 Å². The molecule has 1 aromatic heterocycles. The molecule has 1 fully saturated rings. The van der Waals surface area contributed by atoms with Crippen molar-refractivity contribution in [3.63, 3.8) is 0 Å². The molecule has 1 aliphatic carbocycles. The van der Waals surface area contributed by atoms with E-state index in [9.17, 15) is 10.1 Å². The molecule has 1 heterocycles. The van der Waals surface area contributed by atoms with Gasteiger partial charge in [0.2, 0.25) is 11.8 Å². The van der Waals surface area contributed by atoms with Gasteiger partial charge in [-0.15, -0.1) is 0 Å². The van der Waals surface area contributed by atoms with Crippen molar-refractivity contribution in [1.29, 1.82) is 0 Å². The molecule has 0 aromatic carbocycles. The smallest absolute Gasteiger partial charge is 0.329 e. The molecule has 104 valence electrons. The maximum atomic E-state index is 10.9. The Morgan fingerprint density at radius 3 is 2.95 bits per heavy atom. The highest BCUT2D eigenvalue weighted by molar-refractivity contribution is 5.56. The van der Waals surface area contributed by atoms with Crippen LogP contribution in [0.1, 0.15) is 32.6 Å². The van der Waals surface area contributed by atoms with Crippen molar-refractivity contribution in [2.75, 3.05) is 17.6 Å². The van der Waals surface area contributed by atoms with Crippen molar-refractivity contribution in [3.05, 3.63) is 16.3 Å². The van der Waals surface area contributed by atoms with E-state index in [0.29, 0.717) is 18.4 Å². The minimum Gasteiger partial charge on any atom is -0.368 e. The summed E-state index contributed by atoms with van der Waals surface area (Å²) in [5.74, 6) is 1.43. The van der Waals surface area contributed by atoms with Crippen LogP contribution >= 0.6 is 0 Å². The van der Waals surface area contributed by atoms with Crippen LogP contribution in [0.2, 0.25) is 0 Å². The number of aromatic nitrogens is 2. The lowest BCUT2D eigenvalue weighted by Gasteiger charge is -2.28. The van der Waals surface area contributed by atoms with Crippen molar-refractivity contribution >= 4 is 17.5 Å². The molecular weight excluding hydrogens is 246 g/mol. The first-order valence-corrected chi connectivity index (χ1v) is 6.58. The highest BCUT2D eigenvalue weighted by atomic mass is 16.6. The molecule has 7 nitrogen and oxygen atoms in total. The zero-order valence-electron chi connectivity index (χ0n) is 11.0. The molecule has 0 radical (unpaired) electrons. The average molecular weight is 265 g/mol. The second kappa shape index (κ2) is 5.81. The second-order valence-electron chi connectivity index (χ2n) is 5.12. The predicted octanol–water partition coefficient (Wildman–Crippen LogP) is 2.21. The SMILES string of the molecule is CC1CCCCC1CNc1nc(N)ncc1[N+](=O)[O-]. The Morgan fingerprint density at radius 2 is 2.26 bits per heavy atom. The zero-order chi connectivity index (χ0) is 13.8. The van der Waals surface area contributed by atoms with Gasteiger partial charge in [-0.3, -0.25) is 10.1 Å². The van der Waals surface area contributed by atoms with Crippen molar-refractivity contribution in [1.82, 2.24) is 9.97 Å². The molecule has 2 unspecified atom stereocenters. The fourth-order valence-corrected chi connectivity index (χ4v) is 2.58. The van der Waals surface area contributed by atoms with E-state index in [4.69, 9.17) is 5.73 Å². The summed E-state index contributed by atoms with van der Waals surface area (Å²) in [6, 6.07) is 0. The molecule has 7 heteroatoms. The zero-order valence-corrected chi connectivity index (χ0v) is 11.0. The Kier molecular flexibility index (Phi) is 4.13. The first kappa shape index (κ1) is 13.5. The average Bonchev–Trinajstić information content (AvgIpc) is 2.37. The third-order valence-corrected chi connectivity index (χ3v) is 3.81. The summed E-state index contributed by atoms with van der Waals surface area (Å²) in [6.07, 6.45) is 6.03. The van der Waals surface area contributed by atoms with Crippen molar-refractivity contribution in [2.45, 2.75) is 32.6 Å². The molecule has 0 spiro atoms. The number of hydrogen-bond donors (Lipinski definition) is 2. The molecule has 0 aliphatic heterocycles. The number of hydrogen-bond acceptors (Lipinski definition) is 6. The van der Waals surface area contributed by atoms with Gasteiger partial charge in [-0.25, -0.2) is 4.98 Å². The molecule has 3 N–H and O–H groups in total. The number of nitrogen functional groups attached to an aromatic ring is 1. The van der Waals surface area contributed by atoms with Crippen LogP contribution in [0.5, 0.6) is 0 Å². The number of anilines is 2. The van der Waals surface area contributed by atoms with Crippen LogP contribution in [-0.2, 0) is 0 Å². The van der Waals surface area contributed by atoms with Gasteiger partial charge in [0.25, 0.3) is 0 Å². The van der Waals surface area contributed by atoms with Gasteiger partial charge in [0.1, 0.15) is 6.20 Å². The summed E-state index contributed by atoms with van der Waals surface area (Å²) >= 11 is 0. The molecule has 0 amide bonds. The molecule has 1 aromatic rings. The van der Waals surface area contributed by atoms with Crippen LogP contribution in [0.3, 0.4) is 0 Å². The van der Waals surface area contributed by atoms with E-state index in [0.717, 1.165) is 12.6 Å². The van der Waals surface area contributed by atoms with Crippen LogP contribution in [-0.4, -0.2) is 21.4 Å². The number of nitrogens with zero attached hydrogens (tertiary/aromatic N) is 3. The van der Waals surface area contributed by atoms with Gasteiger partial charge >= 0.3 is 5.69 Å². The van der Waals surface area contributed by atoms with Gasteiger partial charge in [-0.1, -0.05) is 26.2 Å². The van der Waals surface area contributed by atoms with E-state index in [1.165, 1.54) is 19.3 Å². The van der Waals surface area contributed by atoms with Crippen LogP contribution in [0, 0.1) is 22.0 Å². The van der Waals surface area contributed by atoms with E-state index in [1.807, 2.05) is 0 Å². The summed E-state index contributed by atoms with van der Waals surface area (Å²) in [4.78, 5) is 18.0. The van der Waals surface area contributed by atoms with Crippen LogP contribution in [0.15, 0.2) is 6.20 Å². The Bertz CT molecular complexity index is 465. The summed E-state index contributed by atoms with van der Waals surface area (Å²) in [6.45, 7) is 2.92. The highest BCUT2D eigenvalue weighted by Crippen LogP contribution is 2.30. The summed E-state index contributed by atoms with van der Waals surface area (Å²) < 4.78 is 0.